The average molecular weight is 527 g/mol. The summed E-state index contributed by atoms with van der Waals surface area (Å²) in [4.78, 5) is 47.2. The molecule has 10 atom stereocenters. The van der Waals surface area contributed by atoms with E-state index in [4.69, 9.17) is 18.9 Å². The van der Waals surface area contributed by atoms with E-state index in [1.165, 1.54) is 5.57 Å². The molecule has 0 aromatic heterocycles. The Morgan fingerprint density at radius 1 is 1.11 bits per heavy atom. The van der Waals surface area contributed by atoms with Gasteiger partial charge in [-0.2, -0.15) is 0 Å². The van der Waals surface area contributed by atoms with Crippen LogP contribution in [0.5, 0.6) is 0 Å². The number of fused-ring (bicyclic) bond motifs is 5. The fraction of sp³-hybridized carbons (Fsp3) is 0.800. The number of cyclic esters (lactones) is 1. The maximum atomic E-state index is 12.7. The van der Waals surface area contributed by atoms with Gasteiger partial charge in [-0.1, -0.05) is 25.5 Å². The number of phosphoric ester groups is 1. The molecule has 4 aliphatic carbocycles. The molecule has 200 valence electrons. The predicted octanol–water partition coefficient (Wildman–Crippen LogP) is 2.24. The molecule has 4 fully saturated rings. The molecule has 5 aliphatic rings. The molecule has 0 amide bonds. The molecule has 0 spiro atoms. The van der Waals surface area contributed by atoms with E-state index < -0.39 is 50.6 Å². The monoisotopic (exact) mass is 526 g/mol. The number of aliphatic hydroxyl groups excluding tert-OH is 2. The summed E-state index contributed by atoms with van der Waals surface area (Å²) in [5.41, 5.74) is 0.930. The van der Waals surface area contributed by atoms with Crippen LogP contribution < -0.4 is 0 Å². The van der Waals surface area contributed by atoms with E-state index in [1.54, 1.807) is 0 Å². The summed E-state index contributed by atoms with van der Waals surface area (Å²) in [6, 6.07) is 0. The molecule has 0 aromatic rings. The first kappa shape index (κ1) is 26.2. The van der Waals surface area contributed by atoms with E-state index >= 15 is 0 Å². The summed E-state index contributed by atoms with van der Waals surface area (Å²) >= 11 is 0. The van der Waals surface area contributed by atoms with Crippen molar-refractivity contribution in [3.63, 3.8) is 0 Å². The second-order valence-electron chi connectivity index (χ2n) is 11.6. The highest BCUT2D eigenvalue weighted by Crippen LogP contribution is 2.64. The summed E-state index contributed by atoms with van der Waals surface area (Å²) in [6.45, 7) is 3.59. The number of hydrogen-bond donors (Lipinski definition) is 3. The molecule has 0 radical (unpaired) electrons. The Bertz CT molecular complexity index is 1040. The minimum atomic E-state index is -4.81. The summed E-state index contributed by atoms with van der Waals surface area (Å²) in [5.74, 6) is -0.497. The normalized spacial score (nSPS) is 44.7. The lowest BCUT2D eigenvalue weighted by Crippen LogP contribution is -2.50. The van der Waals surface area contributed by atoms with E-state index in [9.17, 15) is 28.9 Å². The number of Topliss-reactive ketones (excluding diaryl/α,β-unsaturated/α-hetero) is 2. The minimum Gasteiger partial charge on any atom is -0.449 e. The predicted molar refractivity (Wildman–Crippen MR) is 124 cm³/mol. The topological polar surface area (TPSA) is 157 Å². The van der Waals surface area contributed by atoms with Gasteiger partial charge in [0.1, 0.15) is 11.9 Å². The molecule has 1 aliphatic heterocycles. The molecular weight excluding hydrogens is 491 g/mol. The maximum absolute atomic E-state index is 12.7. The SMILES string of the molecule is C[C@]12CC[C@H](OP(=O)(O)OC3C(=O)OC(C(O)CO)C3=O)CC1=CCC1C2CC[C@]2(C)C(=O)CCC12. The van der Waals surface area contributed by atoms with Crippen LogP contribution in [0.25, 0.3) is 0 Å². The van der Waals surface area contributed by atoms with Gasteiger partial charge >= 0.3 is 13.8 Å². The molecule has 3 N–H and O–H groups in total. The van der Waals surface area contributed by atoms with Crippen LogP contribution in [0.4, 0.5) is 0 Å². The fourth-order valence-corrected chi connectivity index (χ4v) is 8.87. The first-order chi connectivity index (χ1) is 16.9. The standard InChI is InChI=1S/C25H35O10P/c1-24-9-7-14(34-36(31,32)35-22-20(29)21(18(27)12-26)33-23(22)30)11-13(24)3-4-15-16-5-6-19(28)25(16,2)10-8-17(15)24/h3,14-18,21-22,26-27H,4-12H2,1-2H3,(H,31,32)/t14-,15?,16?,17?,18?,21?,22?,24-,25-/m0/s1. The highest BCUT2D eigenvalue weighted by atomic mass is 31.2. The van der Waals surface area contributed by atoms with Crippen LogP contribution in [0.1, 0.15) is 65.2 Å². The second kappa shape index (κ2) is 9.10. The largest absolute Gasteiger partial charge is 0.473 e. The lowest BCUT2D eigenvalue weighted by molar-refractivity contribution is -0.151. The van der Waals surface area contributed by atoms with Gasteiger partial charge in [0, 0.05) is 11.8 Å². The number of aliphatic hydroxyl groups is 2. The number of rotatable bonds is 6. The Morgan fingerprint density at radius 2 is 1.81 bits per heavy atom. The van der Waals surface area contributed by atoms with Gasteiger partial charge in [-0.15, -0.1) is 0 Å². The smallest absolute Gasteiger partial charge is 0.449 e. The number of phosphoric acid groups is 1. The van der Waals surface area contributed by atoms with Crippen molar-refractivity contribution in [1.82, 2.24) is 0 Å². The quantitative estimate of drug-likeness (QED) is 0.203. The first-order valence-electron chi connectivity index (χ1n) is 12.8. The van der Waals surface area contributed by atoms with Crippen molar-refractivity contribution in [2.45, 2.75) is 89.6 Å². The van der Waals surface area contributed by atoms with E-state index in [-0.39, 0.29) is 10.8 Å². The fourth-order valence-electron chi connectivity index (χ4n) is 7.80. The van der Waals surface area contributed by atoms with Crippen LogP contribution in [0, 0.1) is 28.6 Å². The highest BCUT2D eigenvalue weighted by molar-refractivity contribution is 7.47. The zero-order valence-corrected chi connectivity index (χ0v) is 21.5. The number of esters is 1. The van der Waals surface area contributed by atoms with Crippen LogP contribution in [-0.2, 0) is 32.7 Å². The van der Waals surface area contributed by atoms with Crippen LogP contribution in [0.3, 0.4) is 0 Å². The van der Waals surface area contributed by atoms with E-state index in [0.717, 1.165) is 32.1 Å². The van der Waals surface area contributed by atoms with Crippen LogP contribution in [0.2, 0.25) is 0 Å². The van der Waals surface area contributed by atoms with Gasteiger partial charge in [-0.25, -0.2) is 9.36 Å². The molecule has 1 saturated heterocycles. The first-order valence-corrected chi connectivity index (χ1v) is 14.3. The van der Waals surface area contributed by atoms with Gasteiger partial charge in [0.15, 0.2) is 6.10 Å². The van der Waals surface area contributed by atoms with E-state index in [0.29, 0.717) is 42.8 Å². The summed E-state index contributed by atoms with van der Waals surface area (Å²) in [7, 11) is -4.81. The van der Waals surface area contributed by atoms with Crippen molar-refractivity contribution >= 4 is 25.4 Å². The molecule has 1 heterocycles. The Labute approximate surface area is 210 Å². The Morgan fingerprint density at radius 3 is 2.53 bits per heavy atom. The highest BCUT2D eigenvalue weighted by Gasteiger charge is 2.59. The molecule has 7 unspecified atom stereocenters. The second-order valence-corrected chi connectivity index (χ2v) is 13.0. The zero-order chi connectivity index (χ0) is 26.0. The van der Waals surface area contributed by atoms with Crippen molar-refractivity contribution in [1.29, 1.82) is 0 Å². The summed E-state index contributed by atoms with van der Waals surface area (Å²) in [6.07, 6.45) is 2.47. The molecule has 0 bridgehead atoms. The Hall–Kier alpha value is -1.42. The van der Waals surface area contributed by atoms with Gasteiger partial charge in [-0.05, 0) is 68.1 Å². The van der Waals surface area contributed by atoms with Crippen molar-refractivity contribution in [2.24, 2.45) is 28.6 Å². The lowest BCUT2D eigenvalue weighted by atomic mass is 9.48. The van der Waals surface area contributed by atoms with E-state index in [1.807, 2.05) is 0 Å². The molecule has 0 aromatic carbocycles. The van der Waals surface area contributed by atoms with Gasteiger partial charge in [-0.3, -0.25) is 18.6 Å². The summed E-state index contributed by atoms with van der Waals surface area (Å²) in [5, 5.41) is 18.6. The van der Waals surface area contributed by atoms with Crippen molar-refractivity contribution < 1.29 is 47.8 Å². The van der Waals surface area contributed by atoms with Gasteiger partial charge < -0.3 is 19.8 Å². The molecule has 11 heteroatoms. The van der Waals surface area contributed by atoms with Crippen LogP contribution in [0.15, 0.2) is 11.6 Å². The third-order valence-corrected chi connectivity index (χ3v) is 10.9. The number of carbonyl (C=O) groups is 3. The number of carbonyl (C=O) groups excluding carboxylic acids is 3. The Kier molecular flexibility index (Phi) is 6.62. The van der Waals surface area contributed by atoms with Crippen molar-refractivity contribution in [3.8, 4) is 0 Å². The van der Waals surface area contributed by atoms with Crippen molar-refractivity contribution in [2.75, 3.05) is 6.61 Å². The third kappa shape index (κ3) is 4.14. The third-order valence-electron chi connectivity index (χ3n) is 9.82. The zero-order valence-electron chi connectivity index (χ0n) is 20.6. The molecule has 10 nitrogen and oxygen atoms in total. The summed E-state index contributed by atoms with van der Waals surface area (Å²) < 4.78 is 27.7. The number of ketones is 2. The average Bonchev–Trinajstić information content (AvgIpc) is 3.28. The lowest BCUT2D eigenvalue weighted by Gasteiger charge is -2.57. The molecular formula is C25H35O10P. The molecule has 5 rings (SSSR count). The van der Waals surface area contributed by atoms with Crippen molar-refractivity contribution in [3.05, 3.63) is 11.6 Å². The van der Waals surface area contributed by atoms with Gasteiger partial charge in [0.05, 0.1) is 12.7 Å². The van der Waals surface area contributed by atoms with Crippen LogP contribution in [-0.4, -0.2) is 63.7 Å². The number of ether oxygens (including phenoxy) is 1. The van der Waals surface area contributed by atoms with Gasteiger partial charge in [0.2, 0.25) is 11.9 Å². The molecule has 3 saturated carbocycles. The number of allylic oxidation sites excluding steroid dienone is 1. The Balaban J connectivity index is 1.25. The minimum absolute atomic E-state index is 0.0606. The van der Waals surface area contributed by atoms with Crippen LogP contribution >= 0.6 is 7.82 Å². The maximum Gasteiger partial charge on any atom is 0.473 e. The molecule has 36 heavy (non-hydrogen) atoms. The van der Waals surface area contributed by atoms with Gasteiger partial charge in [0.25, 0.3) is 0 Å². The number of hydrogen-bond acceptors (Lipinski definition) is 9. The van der Waals surface area contributed by atoms with E-state index in [2.05, 4.69) is 19.9 Å².